The molecule has 20 heavy (non-hydrogen) atoms. The second-order valence-corrected chi connectivity index (χ2v) is 12.3. The van der Waals surface area contributed by atoms with Crippen molar-refractivity contribution in [3.63, 3.8) is 0 Å². The highest BCUT2D eigenvalue weighted by Crippen LogP contribution is 2.27. The largest absolute Gasteiger partial charge is 0.480 e. The number of amides is 1. The maximum absolute atomic E-state index is 11.8. The van der Waals surface area contributed by atoms with Crippen LogP contribution in [0.3, 0.4) is 0 Å². The van der Waals surface area contributed by atoms with Crippen LogP contribution in [0.15, 0.2) is 12.2 Å². The topological polar surface area (TPSA) is 75.6 Å². The second kappa shape index (κ2) is 6.92. The minimum absolute atomic E-state index is 0.197. The summed E-state index contributed by atoms with van der Waals surface area (Å²) in [5, 5.41) is 11.9. The summed E-state index contributed by atoms with van der Waals surface area (Å²) in [5.41, 5.74) is -0.847. The molecule has 0 aromatic carbocycles. The monoisotopic (exact) mass is 301 g/mol. The summed E-state index contributed by atoms with van der Waals surface area (Å²) in [7, 11) is -1.80. The van der Waals surface area contributed by atoms with E-state index in [9.17, 15) is 14.7 Å². The van der Waals surface area contributed by atoms with Crippen LogP contribution in [0.25, 0.3) is 0 Å². The van der Waals surface area contributed by atoms with Crippen molar-refractivity contribution >= 4 is 20.1 Å². The van der Waals surface area contributed by atoms with Gasteiger partial charge in [0.25, 0.3) is 0 Å². The Balaban J connectivity index is 5.14. The highest BCUT2D eigenvalue weighted by atomic mass is 28.3. The van der Waals surface area contributed by atoms with Crippen LogP contribution in [0, 0.1) is 0 Å². The number of ether oxygens (including phenoxy) is 1. The smallest absolute Gasteiger partial charge is 0.408 e. The van der Waals surface area contributed by atoms with Crippen LogP contribution in [0.4, 0.5) is 4.79 Å². The summed E-state index contributed by atoms with van der Waals surface area (Å²) < 4.78 is 5.14. The van der Waals surface area contributed by atoms with E-state index in [2.05, 4.69) is 25.0 Å². The number of carbonyl (C=O) groups excluding carboxylic acids is 1. The average molecular weight is 301 g/mol. The van der Waals surface area contributed by atoms with Crippen molar-refractivity contribution in [2.75, 3.05) is 0 Å². The Kier molecular flexibility index (Phi) is 6.47. The standard InChI is InChI=1S/C14H27NO4Si/c1-8-9-10(20(5,6)7)11(12(16)17)15-13(18)19-14(2,3)4/h8-11H,1-7H3,(H,15,18)(H,16,17)/b9-8+/t10-,11+/m1/s1. The minimum Gasteiger partial charge on any atom is -0.480 e. The molecule has 6 heteroatoms. The Hall–Kier alpha value is -1.30. The number of alkyl carbamates (subject to hydrolysis) is 1. The van der Waals surface area contributed by atoms with E-state index in [1.807, 2.05) is 19.1 Å². The molecule has 0 rings (SSSR count). The van der Waals surface area contributed by atoms with Crippen LogP contribution in [-0.4, -0.2) is 36.9 Å². The number of carbonyl (C=O) groups is 2. The van der Waals surface area contributed by atoms with Gasteiger partial charge in [-0.3, -0.25) is 0 Å². The summed E-state index contributed by atoms with van der Waals surface area (Å²) >= 11 is 0. The molecular formula is C14H27NO4Si. The zero-order valence-corrected chi connectivity index (χ0v) is 14.5. The number of allylic oxidation sites excluding steroid dienone is 1. The van der Waals surface area contributed by atoms with Crippen LogP contribution in [0.5, 0.6) is 0 Å². The van der Waals surface area contributed by atoms with E-state index >= 15 is 0 Å². The number of carboxylic acid groups (broad SMARTS) is 1. The molecule has 0 heterocycles. The number of rotatable bonds is 5. The fourth-order valence-electron chi connectivity index (χ4n) is 1.85. The van der Waals surface area contributed by atoms with E-state index in [0.29, 0.717) is 0 Å². The van der Waals surface area contributed by atoms with E-state index in [1.54, 1.807) is 20.8 Å². The first kappa shape index (κ1) is 18.7. The van der Waals surface area contributed by atoms with Gasteiger partial charge in [-0.15, -0.1) is 0 Å². The summed E-state index contributed by atoms with van der Waals surface area (Å²) in [6.45, 7) is 13.3. The molecule has 0 radical (unpaired) electrons. The molecule has 5 nitrogen and oxygen atoms in total. The molecule has 2 atom stereocenters. The summed E-state index contributed by atoms with van der Waals surface area (Å²) in [6, 6.07) is -0.965. The molecule has 0 aromatic rings. The Morgan fingerprint density at radius 3 is 2.05 bits per heavy atom. The van der Waals surface area contributed by atoms with Gasteiger partial charge in [0, 0.05) is 5.54 Å². The normalized spacial score (nSPS) is 15.8. The predicted octanol–water partition coefficient (Wildman–Crippen LogP) is 3.25. The maximum Gasteiger partial charge on any atom is 0.408 e. The molecule has 0 saturated heterocycles. The zero-order valence-electron chi connectivity index (χ0n) is 13.5. The van der Waals surface area contributed by atoms with Gasteiger partial charge in [0.05, 0.1) is 8.07 Å². The molecule has 0 aromatic heterocycles. The molecular weight excluding hydrogens is 274 g/mol. The lowest BCUT2D eigenvalue weighted by Gasteiger charge is -2.32. The Morgan fingerprint density at radius 1 is 1.25 bits per heavy atom. The quantitative estimate of drug-likeness (QED) is 0.604. The third-order valence-corrected chi connectivity index (χ3v) is 5.22. The van der Waals surface area contributed by atoms with Gasteiger partial charge in [0.2, 0.25) is 0 Å². The third kappa shape index (κ3) is 6.74. The van der Waals surface area contributed by atoms with Crippen LogP contribution in [0.1, 0.15) is 27.7 Å². The predicted molar refractivity (Wildman–Crippen MR) is 82.7 cm³/mol. The van der Waals surface area contributed by atoms with Crippen LogP contribution in [-0.2, 0) is 9.53 Å². The van der Waals surface area contributed by atoms with E-state index in [1.165, 1.54) is 0 Å². The molecule has 1 amide bonds. The number of hydrogen-bond acceptors (Lipinski definition) is 3. The fraction of sp³-hybridized carbons (Fsp3) is 0.714. The van der Waals surface area contributed by atoms with Crippen molar-refractivity contribution in [3.8, 4) is 0 Å². The zero-order chi connectivity index (χ0) is 16.1. The van der Waals surface area contributed by atoms with Crippen LogP contribution < -0.4 is 5.32 Å². The molecule has 0 unspecified atom stereocenters. The molecule has 0 aliphatic carbocycles. The van der Waals surface area contributed by atoms with Crippen molar-refractivity contribution in [1.82, 2.24) is 5.32 Å². The molecule has 0 fully saturated rings. The number of hydrogen-bond donors (Lipinski definition) is 2. The van der Waals surface area contributed by atoms with E-state index in [4.69, 9.17) is 4.74 Å². The van der Waals surface area contributed by atoms with Crippen molar-refractivity contribution in [1.29, 1.82) is 0 Å². The summed E-state index contributed by atoms with van der Waals surface area (Å²) in [6.07, 6.45) is 3.00. The molecule has 116 valence electrons. The lowest BCUT2D eigenvalue weighted by molar-refractivity contribution is -0.139. The Labute approximate surface area is 122 Å². The van der Waals surface area contributed by atoms with Crippen LogP contribution >= 0.6 is 0 Å². The van der Waals surface area contributed by atoms with E-state index < -0.39 is 31.8 Å². The minimum atomic E-state index is -1.80. The lowest BCUT2D eigenvalue weighted by atomic mass is 10.2. The average Bonchev–Trinajstić information content (AvgIpc) is 2.18. The Morgan fingerprint density at radius 2 is 1.75 bits per heavy atom. The van der Waals surface area contributed by atoms with Gasteiger partial charge in [-0.2, -0.15) is 0 Å². The third-order valence-electron chi connectivity index (χ3n) is 2.70. The van der Waals surface area contributed by atoms with Gasteiger partial charge in [0.1, 0.15) is 11.6 Å². The first-order valence-electron chi connectivity index (χ1n) is 6.73. The van der Waals surface area contributed by atoms with Gasteiger partial charge < -0.3 is 15.2 Å². The van der Waals surface area contributed by atoms with Gasteiger partial charge in [-0.1, -0.05) is 31.8 Å². The van der Waals surface area contributed by atoms with Crippen molar-refractivity contribution < 1.29 is 19.4 Å². The summed E-state index contributed by atoms with van der Waals surface area (Å²) in [5.74, 6) is -1.04. The van der Waals surface area contributed by atoms with Gasteiger partial charge in [0.15, 0.2) is 0 Å². The number of carboxylic acids is 1. The van der Waals surface area contributed by atoms with E-state index in [0.717, 1.165) is 0 Å². The SMILES string of the molecule is C/C=C/[C@H]([C@H](NC(=O)OC(C)(C)C)C(=O)O)[Si](C)(C)C. The van der Waals surface area contributed by atoms with Gasteiger partial charge in [-0.05, 0) is 27.7 Å². The first-order chi connectivity index (χ1) is 8.88. The Bertz CT molecular complexity index is 380. The van der Waals surface area contributed by atoms with Crippen LogP contribution in [0.2, 0.25) is 25.2 Å². The first-order valence-corrected chi connectivity index (χ1v) is 10.3. The summed E-state index contributed by atoms with van der Waals surface area (Å²) in [4.78, 5) is 23.3. The molecule has 0 bridgehead atoms. The molecule has 0 saturated carbocycles. The number of aliphatic carboxylic acids is 1. The number of nitrogens with one attached hydrogen (secondary N) is 1. The van der Waals surface area contributed by atoms with E-state index in [-0.39, 0.29) is 5.54 Å². The molecule has 0 spiro atoms. The van der Waals surface area contributed by atoms with Crippen molar-refractivity contribution in [2.24, 2.45) is 0 Å². The highest BCUT2D eigenvalue weighted by Gasteiger charge is 2.37. The van der Waals surface area contributed by atoms with Crippen molar-refractivity contribution in [2.45, 2.75) is 64.5 Å². The van der Waals surface area contributed by atoms with Gasteiger partial charge in [-0.25, -0.2) is 9.59 Å². The second-order valence-electron chi connectivity index (χ2n) is 6.88. The highest BCUT2D eigenvalue weighted by molar-refractivity contribution is 6.78. The molecule has 0 aliphatic heterocycles. The van der Waals surface area contributed by atoms with Crippen molar-refractivity contribution in [3.05, 3.63) is 12.2 Å². The maximum atomic E-state index is 11.8. The molecule has 2 N–H and O–H groups in total. The fourth-order valence-corrected chi connectivity index (χ4v) is 3.84. The molecule has 0 aliphatic rings. The van der Waals surface area contributed by atoms with Gasteiger partial charge >= 0.3 is 12.1 Å². The lowest BCUT2D eigenvalue weighted by Crippen LogP contribution is -2.50.